The molecule has 0 amide bonds. The molecule has 10 heteroatoms. The summed E-state index contributed by atoms with van der Waals surface area (Å²) >= 11 is 1.16. The van der Waals surface area contributed by atoms with Crippen LogP contribution in [0.15, 0.2) is 86.1 Å². The Hall–Kier alpha value is -4.57. The fraction of sp³-hybridized carbons (Fsp3) is 0.172. The lowest BCUT2D eigenvalue weighted by Crippen LogP contribution is -2.39. The summed E-state index contributed by atoms with van der Waals surface area (Å²) < 4.78 is 31.4. The average molecular weight is 547 g/mol. The van der Waals surface area contributed by atoms with Gasteiger partial charge in [-0.2, -0.15) is 0 Å². The van der Waals surface area contributed by atoms with Gasteiger partial charge in [-0.25, -0.2) is 19.0 Å². The maximum atomic E-state index is 13.7. The number of benzene rings is 2. The Morgan fingerprint density at radius 2 is 1.79 bits per heavy atom. The molecule has 0 bridgehead atoms. The molecule has 0 saturated heterocycles. The number of allylic oxidation sites excluding steroid dienone is 1. The van der Waals surface area contributed by atoms with Gasteiger partial charge in [-0.05, 0) is 55.8 Å². The van der Waals surface area contributed by atoms with E-state index in [0.29, 0.717) is 37.7 Å². The van der Waals surface area contributed by atoms with E-state index in [1.165, 1.54) is 23.8 Å². The molecule has 4 aromatic rings. The Bertz CT molecular complexity index is 1780. The number of nitrogens with zero attached hydrogens (tertiary/aromatic N) is 2. The van der Waals surface area contributed by atoms with Gasteiger partial charge < -0.3 is 13.9 Å². The predicted molar refractivity (Wildman–Crippen MR) is 142 cm³/mol. The summed E-state index contributed by atoms with van der Waals surface area (Å²) in [6.45, 7) is 3.54. The molecule has 39 heavy (non-hydrogen) atoms. The summed E-state index contributed by atoms with van der Waals surface area (Å²) in [5.41, 5.74) is 1.99. The minimum atomic E-state index is -0.830. The molecule has 0 aliphatic carbocycles. The molecule has 0 N–H and O–H groups in total. The number of carbonyl (C=O) groups is 2. The monoisotopic (exact) mass is 546 g/mol. The maximum Gasteiger partial charge on any atom is 0.338 e. The van der Waals surface area contributed by atoms with Crippen molar-refractivity contribution < 1.29 is 27.9 Å². The third-order valence-corrected chi connectivity index (χ3v) is 7.18. The topological polar surface area (TPSA) is 100 Å². The normalized spacial score (nSPS) is 15.1. The quantitative estimate of drug-likeness (QED) is 0.339. The van der Waals surface area contributed by atoms with E-state index in [9.17, 15) is 18.8 Å². The first-order chi connectivity index (χ1) is 18.8. The largest absolute Gasteiger partial charge is 0.465 e. The van der Waals surface area contributed by atoms with Crippen LogP contribution in [-0.4, -0.2) is 30.2 Å². The second-order valence-corrected chi connectivity index (χ2v) is 9.63. The number of hydrogen-bond acceptors (Lipinski definition) is 8. The second-order valence-electron chi connectivity index (χ2n) is 8.62. The molecule has 0 spiro atoms. The Morgan fingerprint density at radius 1 is 1.08 bits per heavy atom. The number of fused-ring (bicyclic) bond motifs is 1. The SMILES string of the molecule is CCOC(=O)C1=C(C)N=c2sc(=Cc3ccc(-c4ccc(C(=O)OC)cc4)o3)c(=O)n2C1c1ccc(F)cc1. The van der Waals surface area contributed by atoms with Crippen molar-refractivity contribution >= 4 is 29.4 Å². The number of hydrogen-bond donors (Lipinski definition) is 0. The van der Waals surface area contributed by atoms with E-state index in [4.69, 9.17) is 13.9 Å². The van der Waals surface area contributed by atoms with E-state index in [0.717, 1.165) is 16.9 Å². The summed E-state index contributed by atoms with van der Waals surface area (Å²) in [5, 5.41) is 0. The van der Waals surface area contributed by atoms with Crippen molar-refractivity contribution in [2.75, 3.05) is 13.7 Å². The van der Waals surface area contributed by atoms with Crippen LogP contribution >= 0.6 is 11.3 Å². The molecule has 3 heterocycles. The van der Waals surface area contributed by atoms with E-state index in [-0.39, 0.29) is 17.7 Å². The number of aromatic nitrogens is 1. The number of rotatable bonds is 6. The highest BCUT2D eigenvalue weighted by molar-refractivity contribution is 7.07. The van der Waals surface area contributed by atoms with Crippen molar-refractivity contribution in [1.82, 2.24) is 4.57 Å². The van der Waals surface area contributed by atoms with E-state index in [1.807, 2.05) is 0 Å². The molecule has 1 atom stereocenters. The highest BCUT2D eigenvalue weighted by atomic mass is 32.1. The number of furan rings is 1. The van der Waals surface area contributed by atoms with Crippen LogP contribution in [0, 0.1) is 5.82 Å². The first-order valence-corrected chi connectivity index (χ1v) is 12.9. The van der Waals surface area contributed by atoms with Gasteiger partial charge in [-0.1, -0.05) is 35.6 Å². The number of halogens is 1. The van der Waals surface area contributed by atoms with Crippen molar-refractivity contribution in [2.24, 2.45) is 4.99 Å². The van der Waals surface area contributed by atoms with Crippen molar-refractivity contribution in [1.29, 1.82) is 0 Å². The van der Waals surface area contributed by atoms with Crippen molar-refractivity contribution in [3.63, 3.8) is 0 Å². The first kappa shape index (κ1) is 26.1. The summed E-state index contributed by atoms with van der Waals surface area (Å²) in [4.78, 5) is 43.2. The van der Waals surface area contributed by atoms with Gasteiger partial charge in [0.2, 0.25) is 0 Å². The lowest BCUT2D eigenvalue weighted by molar-refractivity contribution is -0.139. The Morgan fingerprint density at radius 3 is 2.46 bits per heavy atom. The van der Waals surface area contributed by atoms with Crippen LogP contribution in [0.2, 0.25) is 0 Å². The zero-order chi connectivity index (χ0) is 27.7. The zero-order valence-corrected chi connectivity index (χ0v) is 22.1. The van der Waals surface area contributed by atoms with Gasteiger partial charge >= 0.3 is 11.9 Å². The third kappa shape index (κ3) is 4.98. The van der Waals surface area contributed by atoms with Gasteiger partial charge in [0, 0.05) is 11.6 Å². The van der Waals surface area contributed by atoms with Gasteiger partial charge in [0.1, 0.15) is 17.3 Å². The number of carbonyl (C=O) groups excluding carboxylic acids is 2. The van der Waals surface area contributed by atoms with Gasteiger partial charge in [-0.15, -0.1) is 0 Å². The highest BCUT2D eigenvalue weighted by Crippen LogP contribution is 2.31. The molecule has 2 aromatic heterocycles. The van der Waals surface area contributed by atoms with Crippen molar-refractivity contribution in [3.8, 4) is 11.3 Å². The van der Waals surface area contributed by atoms with Crippen LogP contribution in [-0.2, 0) is 14.3 Å². The van der Waals surface area contributed by atoms with E-state index in [2.05, 4.69) is 4.99 Å². The number of esters is 2. The molecule has 8 nitrogen and oxygen atoms in total. The first-order valence-electron chi connectivity index (χ1n) is 12.0. The number of ether oxygens (including phenoxy) is 2. The summed E-state index contributed by atoms with van der Waals surface area (Å²) in [6, 6.07) is 15.1. The molecular formula is C29H23FN2O6S. The molecule has 198 valence electrons. The molecule has 0 fully saturated rings. The zero-order valence-electron chi connectivity index (χ0n) is 21.3. The summed E-state index contributed by atoms with van der Waals surface area (Å²) in [6.07, 6.45) is 1.61. The van der Waals surface area contributed by atoms with Crippen LogP contribution in [0.4, 0.5) is 4.39 Å². The van der Waals surface area contributed by atoms with E-state index in [1.54, 1.807) is 68.5 Å². The minimum absolute atomic E-state index is 0.155. The van der Waals surface area contributed by atoms with Crippen molar-refractivity contribution in [3.05, 3.63) is 114 Å². The van der Waals surface area contributed by atoms with E-state index < -0.39 is 23.8 Å². The van der Waals surface area contributed by atoms with Crippen LogP contribution in [0.3, 0.4) is 0 Å². The molecule has 0 saturated carbocycles. The second kappa shape index (κ2) is 10.7. The Kier molecular flexibility index (Phi) is 7.12. The Balaban J connectivity index is 1.57. The fourth-order valence-electron chi connectivity index (χ4n) is 4.36. The smallest absolute Gasteiger partial charge is 0.338 e. The standard InChI is InChI=1S/C29H23FN2O6S/c1-4-37-28(35)24-16(2)31-29-32(25(24)18-9-11-20(30)12-10-18)26(33)23(39-29)15-21-13-14-22(38-21)17-5-7-19(8-6-17)27(34)36-3/h5-15,25H,4H2,1-3H3. The van der Waals surface area contributed by atoms with Crippen LogP contribution < -0.4 is 14.9 Å². The fourth-order valence-corrected chi connectivity index (χ4v) is 5.38. The van der Waals surface area contributed by atoms with E-state index >= 15 is 0 Å². The van der Waals surface area contributed by atoms with Crippen molar-refractivity contribution in [2.45, 2.75) is 19.9 Å². The number of thiazole rings is 1. The molecule has 1 aliphatic rings. The average Bonchev–Trinajstić information content (AvgIpc) is 3.52. The van der Waals surface area contributed by atoms with Gasteiger partial charge in [-0.3, -0.25) is 9.36 Å². The maximum absolute atomic E-state index is 13.7. The molecule has 2 aromatic carbocycles. The third-order valence-electron chi connectivity index (χ3n) is 6.19. The molecule has 1 aliphatic heterocycles. The molecule has 1 unspecified atom stereocenters. The van der Waals surface area contributed by atoms with Gasteiger partial charge in [0.05, 0.1) is 41.1 Å². The summed E-state index contributed by atoms with van der Waals surface area (Å²) in [5.74, 6) is -0.464. The minimum Gasteiger partial charge on any atom is -0.465 e. The molecule has 0 radical (unpaired) electrons. The lowest BCUT2D eigenvalue weighted by Gasteiger charge is -2.24. The van der Waals surface area contributed by atoms with Crippen LogP contribution in [0.25, 0.3) is 17.4 Å². The van der Waals surface area contributed by atoms with Crippen LogP contribution in [0.5, 0.6) is 0 Å². The summed E-state index contributed by atoms with van der Waals surface area (Å²) in [7, 11) is 1.32. The predicted octanol–water partition coefficient (Wildman–Crippen LogP) is 3.98. The lowest BCUT2D eigenvalue weighted by atomic mass is 9.96. The highest BCUT2D eigenvalue weighted by Gasteiger charge is 2.33. The molecule has 5 rings (SSSR count). The molecular weight excluding hydrogens is 523 g/mol. The van der Waals surface area contributed by atoms with Gasteiger partial charge in [0.15, 0.2) is 4.80 Å². The Labute approximate surface area is 226 Å². The number of methoxy groups -OCH3 is 1. The van der Waals surface area contributed by atoms with Gasteiger partial charge in [0.25, 0.3) is 5.56 Å². The van der Waals surface area contributed by atoms with Crippen LogP contribution in [0.1, 0.15) is 41.6 Å².